The lowest BCUT2D eigenvalue weighted by atomic mass is 9.96. The highest BCUT2D eigenvalue weighted by Crippen LogP contribution is 2.37. The van der Waals surface area contributed by atoms with Crippen LogP contribution in [0.25, 0.3) is 0 Å². The van der Waals surface area contributed by atoms with E-state index >= 15 is 0 Å². The Bertz CT molecular complexity index is 675. The molecule has 0 radical (unpaired) electrons. The number of urea groups is 1. The Hall–Kier alpha value is -2.45. The summed E-state index contributed by atoms with van der Waals surface area (Å²) < 4.78 is 39.1. The van der Waals surface area contributed by atoms with Crippen molar-refractivity contribution >= 4 is 17.7 Å². The van der Waals surface area contributed by atoms with E-state index < -0.39 is 43.1 Å². The molecule has 2 aliphatic heterocycles. The zero-order chi connectivity index (χ0) is 19.6. The van der Waals surface area contributed by atoms with Crippen LogP contribution in [-0.2, 0) is 4.79 Å². The van der Waals surface area contributed by atoms with Gasteiger partial charge in [0, 0.05) is 37.9 Å². The Kier molecular flexibility index (Phi) is 5.48. The molecule has 1 aromatic carbocycles. The summed E-state index contributed by atoms with van der Waals surface area (Å²) in [6, 6.07) is 9.10. The topological polar surface area (TPSA) is 72.9 Å². The molecule has 27 heavy (non-hydrogen) atoms. The number of hydrogen-bond acceptors (Lipinski definition) is 3. The fourth-order valence-electron chi connectivity index (χ4n) is 3.74. The summed E-state index contributed by atoms with van der Waals surface area (Å²) in [6.07, 6.45) is -3.28. The second-order valence-electron chi connectivity index (χ2n) is 7.04. The van der Waals surface area contributed by atoms with Crippen LogP contribution < -0.4 is 10.2 Å². The number of carboxylic acids is 1. The molecule has 2 aliphatic rings. The second kappa shape index (κ2) is 7.66. The molecule has 0 spiro atoms. The van der Waals surface area contributed by atoms with Gasteiger partial charge in [0.25, 0.3) is 0 Å². The van der Waals surface area contributed by atoms with E-state index in [0.717, 1.165) is 23.7 Å². The molecule has 2 heterocycles. The molecule has 0 aliphatic carbocycles. The molecular formula is C18H22F3N3O3. The first-order valence-electron chi connectivity index (χ1n) is 8.90. The van der Waals surface area contributed by atoms with Crippen molar-refractivity contribution in [3.63, 3.8) is 0 Å². The lowest BCUT2D eigenvalue weighted by Crippen LogP contribution is -2.49. The molecule has 0 saturated carbocycles. The molecule has 9 heteroatoms. The van der Waals surface area contributed by atoms with Crippen LogP contribution in [0.2, 0.25) is 0 Å². The smallest absolute Gasteiger partial charge is 0.394 e. The first-order valence-corrected chi connectivity index (χ1v) is 8.90. The summed E-state index contributed by atoms with van der Waals surface area (Å²) >= 11 is 0. The van der Waals surface area contributed by atoms with Gasteiger partial charge in [0.1, 0.15) is 0 Å². The van der Waals surface area contributed by atoms with Crippen LogP contribution in [0, 0.1) is 11.8 Å². The number of hydrogen-bond donors (Lipinski definition) is 2. The number of rotatable bonds is 3. The maximum Gasteiger partial charge on any atom is 0.394 e. The number of benzene rings is 1. The number of alkyl halides is 3. The third-order valence-corrected chi connectivity index (χ3v) is 5.29. The number of carboxylic acid groups (broad SMARTS) is 1. The summed E-state index contributed by atoms with van der Waals surface area (Å²) in [5.41, 5.74) is 1.10. The molecule has 6 nitrogen and oxygen atoms in total. The predicted molar refractivity (Wildman–Crippen MR) is 92.5 cm³/mol. The maximum absolute atomic E-state index is 13.0. The first kappa shape index (κ1) is 19.3. The summed E-state index contributed by atoms with van der Waals surface area (Å²) in [5.74, 6) is -5.17. The highest BCUT2D eigenvalue weighted by atomic mass is 19.4. The number of nitrogens with zero attached hydrogens (tertiary/aromatic N) is 2. The average Bonchev–Trinajstić information content (AvgIpc) is 3.09. The quantitative estimate of drug-likeness (QED) is 0.839. The molecular weight excluding hydrogens is 363 g/mol. The van der Waals surface area contributed by atoms with Gasteiger partial charge >= 0.3 is 18.2 Å². The van der Waals surface area contributed by atoms with E-state index in [2.05, 4.69) is 10.2 Å². The lowest BCUT2D eigenvalue weighted by Gasteiger charge is -2.34. The number of halogens is 3. The minimum absolute atomic E-state index is 0.134. The van der Waals surface area contributed by atoms with E-state index in [9.17, 15) is 22.8 Å². The van der Waals surface area contributed by atoms with Gasteiger partial charge in [-0.25, -0.2) is 4.79 Å². The number of piperidine rings is 1. The van der Waals surface area contributed by atoms with Crippen molar-refractivity contribution < 1.29 is 27.9 Å². The van der Waals surface area contributed by atoms with Gasteiger partial charge in [-0.1, -0.05) is 18.2 Å². The van der Waals surface area contributed by atoms with E-state index in [-0.39, 0.29) is 6.04 Å². The molecule has 0 unspecified atom stereocenters. The third-order valence-electron chi connectivity index (χ3n) is 5.29. The van der Waals surface area contributed by atoms with E-state index in [4.69, 9.17) is 5.11 Å². The number of carbonyl (C=O) groups excluding carboxylic acids is 1. The van der Waals surface area contributed by atoms with E-state index in [1.165, 1.54) is 0 Å². The summed E-state index contributed by atoms with van der Waals surface area (Å²) in [6.45, 7) is 0.430. The molecule has 2 saturated heterocycles. The van der Waals surface area contributed by atoms with Gasteiger partial charge in [-0.05, 0) is 25.0 Å². The molecule has 1 aromatic rings. The van der Waals surface area contributed by atoms with Gasteiger partial charge in [0.05, 0.1) is 11.8 Å². The summed E-state index contributed by atoms with van der Waals surface area (Å²) in [7, 11) is 0. The normalized spacial score (nSPS) is 24.1. The first-order chi connectivity index (χ1) is 12.8. The van der Waals surface area contributed by atoms with E-state index in [1.54, 1.807) is 0 Å². The fourth-order valence-corrected chi connectivity index (χ4v) is 3.74. The van der Waals surface area contributed by atoms with Gasteiger partial charge in [0.15, 0.2) is 0 Å². The maximum atomic E-state index is 13.0. The van der Waals surface area contributed by atoms with Crippen LogP contribution in [0.15, 0.2) is 30.3 Å². The van der Waals surface area contributed by atoms with Crippen molar-refractivity contribution in [2.75, 3.05) is 31.1 Å². The lowest BCUT2D eigenvalue weighted by molar-refractivity contribution is -0.187. The van der Waals surface area contributed by atoms with Crippen molar-refractivity contribution in [1.29, 1.82) is 0 Å². The van der Waals surface area contributed by atoms with Gasteiger partial charge in [-0.15, -0.1) is 0 Å². The Morgan fingerprint density at radius 2 is 1.70 bits per heavy atom. The zero-order valence-electron chi connectivity index (χ0n) is 14.7. The number of anilines is 1. The van der Waals surface area contributed by atoms with Crippen molar-refractivity contribution in [3.05, 3.63) is 30.3 Å². The van der Waals surface area contributed by atoms with Gasteiger partial charge in [0.2, 0.25) is 0 Å². The summed E-state index contributed by atoms with van der Waals surface area (Å²) in [4.78, 5) is 26.6. The summed E-state index contributed by atoms with van der Waals surface area (Å²) in [5, 5.41) is 11.8. The monoisotopic (exact) mass is 385 g/mol. The van der Waals surface area contributed by atoms with Crippen LogP contribution in [0.1, 0.15) is 12.8 Å². The molecule has 2 fully saturated rings. The van der Waals surface area contributed by atoms with Crippen LogP contribution in [0.3, 0.4) is 0 Å². The molecule has 0 bridgehead atoms. The number of aliphatic carboxylic acids is 1. The zero-order valence-corrected chi connectivity index (χ0v) is 14.7. The number of para-hydroxylation sites is 1. The Labute approximate surface area is 154 Å². The Morgan fingerprint density at radius 3 is 2.22 bits per heavy atom. The SMILES string of the molecule is O=C(O)[C@@H]1CN(C(=O)NC2CCN(c3ccccc3)CC2)C[C@H]1C(F)(F)F. The average molecular weight is 385 g/mol. The van der Waals surface area contributed by atoms with Gasteiger partial charge in [-0.2, -0.15) is 13.2 Å². The second-order valence-corrected chi connectivity index (χ2v) is 7.04. The van der Waals surface area contributed by atoms with Crippen LogP contribution >= 0.6 is 0 Å². The third kappa shape index (κ3) is 4.45. The number of nitrogens with one attached hydrogen (secondary N) is 1. The van der Waals surface area contributed by atoms with Gasteiger partial charge < -0.3 is 20.2 Å². The molecule has 148 valence electrons. The minimum atomic E-state index is -4.64. The molecule has 0 aromatic heterocycles. The van der Waals surface area contributed by atoms with Crippen LogP contribution in [0.5, 0.6) is 0 Å². The van der Waals surface area contributed by atoms with Crippen molar-refractivity contribution in [2.45, 2.75) is 25.1 Å². The highest BCUT2D eigenvalue weighted by Gasteiger charge is 2.53. The van der Waals surface area contributed by atoms with Crippen molar-refractivity contribution in [3.8, 4) is 0 Å². The highest BCUT2D eigenvalue weighted by molar-refractivity contribution is 5.78. The van der Waals surface area contributed by atoms with E-state index in [1.807, 2.05) is 30.3 Å². The standard InChI is InChI=1S/C18H22F3N3O3/c19-18(20,21)15-11-24(10-14(15)16(25)26)17(27)22-12-6-8-23(9-7-12)13-4-2-1-3-5-13/h1-5,12,14-15H,6-11H2,(H,22,27)(H,25,26)/t14-,15-/m1/s1. The van der Waals surface area contributed by atoms with Crippen molar-refractivity contribution in [2.24, 2.45) is 11.8 Å². The number of likely N-dealkylation sites (tertiary alicyclic amines) is 1. The fraction of sp³-hybridized carbons (Fsp3) is 0.556. The predicted octanol–water partition coefficient (Wildman–Crippen LogP) is 2.56. The minimum Gasteiger partial charge on any atom is -0.481 e. The molecule has 3 rings (SSSR count). The Balaban J connectivity index is 1.53. The molecule has 2 atom stereocenters. The largest absolute Gasteiger partial charge is 0.481 e. The van der Waals surface area contributed by atoms with Crippen molar-refractivity contribution in [1.82, 2.24) is 10.2 Å². The molecule has 2 N–H and O–H groups in total. The Morgan fingerprint density at radius 1 is 1.07 bits per heavy atom. The number of carbonyl (C=O) groups is 2. The van der Waals surface area contributed by atoms with Crippen LogP contribution in [0.4, 0.5) is 23.7 Å². The number of amides is 2. The van der Waals surface area contributed by atoms with Gasteiger partial charge in [-0.3, -0.25) is 4.79 Å². The van der Waals surface area contributed by atoms with E-state index in [0.29, 0.717) is 12.8 Å². The molecule has 2 amide bonds. The van der Waals surface area contributed by atoms with Crippen LogP contribution in [-0.4, -0.2) is 60.4 Å².